The number of nitrogens with zero attached hydrogens (tertiary/aromatic N) is 1. The van der Waals surface area contributed by atoms with Crippen LogP contribution in [0.3, 0.4) is 0 Å². The zero-order valence-corrected chi connectivity index (χ0v) is 14.4. The molecule has 0 saturated carbocycles. The minimum Gasteiger partial charge on any atom is -0.354 e. The van der Waals surface area contributed by atoms with Gasteiger partial charge in [-0.1, -0.05) is 17.7 Å². The monoisotopic (exact) mass is 377 g/mol. The second-order valence-electron chi connectivity index (χ2n) is 5.13. The first-order chi connectivity index (χ1) is 11.9. The van der Waals surface area contributed by atoms with Gasteiger partial charge in [-0.2, -0.15) is 0 Å². The Hall–Kier alpha value is -2.64. The van der Waals surface area contributed by atoms with E-state index < -0.39 is 15.8 Å². The highest BCUT2D eigenvalue weighted by molar-refractivity contribution is 7.92. The maximum absolute atomic E-state index is 12.9. The van der Waals surface area contributed by atoms with Crippen molar-refractivity contribution in [2.24, 2.45) is 0 Å². The lowest BCUT2D eigenvalue weighted by molar-refractivity contribution is 0.599. The smallest absolute Gasteiger partial charge is 0.263 e. The van der Waals surface area contributed by atoms with Crippen molar-refractivity contribution in [3.05, 3.63) is 77.7 Å². The quantitative estimate of drug-likeness (QED) is 0.690. The molecule has 0 radical (unpaired) electrons. The summed E-state index contributed by atoms with van der Waals surface area (Å²) in [6.07, 6.45) is 1.49. The maximum atomic E-state index is 12.9. The van der Waals surface area contributed by atoms with E-state index in [0.29, 0.717) is 10.7 Å². The molecule has 25 heavy (non-hydrogen) atoms. The molecule has 0 aliphatic heterocycles. The van der Waals surface area contributed by atoms with Crippen LogP contribution in [0.2, 0.25) is 5.02 Å². The van der Waals surface area contributed by atoms with Gasteiger partial charge < -0.3 is 5.32 Å². The van der Waals surface area contributed by atoms with Crippen LogP contribution < -0.4 is 10.0 Å². The lowest BCUT2D eigenvalue weighted by Crippen LogP contribution is -2.13. The number of pyridine rings is 1. The van der Waals surface area contributed by atoms with Crippen molar-refractivity contribution in [2.45, 2.75) is 4.90 Å². The Morgan fingerprint density at radius 3 is 2.36 bits per heavy atom. The molecule has 2 aromatic carbocycles. The van der Waals surface area contributed by atoms with Gasteiger partial charge in [-0.05, 0) is 54.6 Å². The van der Waals surface area contributed by atoms with E-state index in [1.54, 1.807) is 18.2 Å². The number of hydrogen-bond donors (Lipinski definition) is 2. The molecule has 0 saturated heterocycles. The number of anilines is 3. The summed E-state index contributed by atoms with van der Waals surface area (Å²) in [6.45, 7) is 0. The summed E-state index contributed by atoms with van der Waals surface area (Å²) >= 11 is 5.92. The Morgan fingerprint density at radius 1 is 0.960 bits per heavy atom. The van der Waals surface area contributed by atoms with Gasteiger partial charge in [0.25, 0.3) is 10.0 Å². The van der Waals surface area contributed by atoms with Gasteiger partial charge in [0.05, 0.1) is 16.8 Å². The van der Waals surface area contributed by atoms with Crippen LogP contribution in [0.15, 0.2) is 71.8 Å². The van der Waals surface area contributed by atoms with E-state index in [4.69, 9.17) is 11.6 Å². The van der Waals surface area contributed by atoms with Crippen LogP contribution in [0.4, 0.5) is 21.6 Å². The van der Waals surface area contributed by atoms with Crippen LogP contribution in [-0.2, 0) is 10.0 Å². The second kappa shape index (κ2) is 7.08. The van der Waals surface area contributed by atoms with Crippen LogP contribution in [0, 0.1) is 5.82 Å². The fourth-order valence-corrected chi connectivity index (χ4v) is 3.27. The van der Waals surface area contributed by atoms with Crippen molar-refractivity contribution < 1.29 is 12.8 Å². The Bertz CT molecular complexity index is 978. The van der Waals surface area contributed by atoms with Crippen molar-refractivity contribution in [1.29, 1.82) is 0 Å². The van der Waals surface area contributed by atoms with E-state index in [1.165, 1.54) is 24.4 Å². The molecule has 0 aliphatic carbocycles. The first kappa shape index (κ1) is 17.2. The van der Waals surface area contributed by atoms with Crippen LogP contribution in [0.25, 0.3) is 0 Å². The number of nitrogens with one attached hydrogen (secondary N) is 2. The fraction of sp³-hybridized carbons (Fsp3) is 0. The molecule has 0 spiro atoms. The largest absolute Gasteiger partial charge is 0.354 e. The van der Waals surface area contributed by atoms with Crippen LogP contribution >= 0.6 is 11.6 Å². The van der Waals surface area contributed by atoms with Gasteiger partial charge in [0.1, 0.15) is 11.6 Å². The highest BCUT2D eigenvalue weighted by atomic mass is 35.5. The van der Waals surface area contributed by atoms with Crippen LogP contribution in [-0.4, -0.2) is 13.4 Å². The van der Waals surface area contributed by atoms with Gasteiger partial charge in [-0.15, -0.1) is 0 Å². The lowest BCUT2D eigenvalue weighted by atomic mass is 10.3. The lowest BCUT2D eigenvalue weighted by Gasteiger charge is -2.09. The molecule has 128 valence electrons. The molecule has 0 unspecified atom stereocenters. The molecular formula is C17H13ClFN3O2S. The van der Waals surface area contributed by atoms with Crippen molar-refractivity contribution in [3.63, 3.8) is 0 Å². The Balaban J connectivity index is 1.73. The average molecular weight is 378 g/mol. The van der Waals surface area contributed by atoms with Crippen molar-refractivity contribution in [3.8, 4) is 0 Å². The maximum Gasteiger partial charge on any atom is 0.263 e. The van der Waals surface area contributed by atoms with Gasteiger partial charge in [0.2, 0.25) is 0 Å². The third-order valence-electron chi connectivity index (χ3n) is 3.24. The molecule has 5 nitrogen and oxygen atoms in total. The summed E-state index contributed by atoms with van der Waals surface area (Å²) in [6, 6.07) is 14.9. The fourth-order valence-electron chi connectivity index (χ4n) is 2.07. The van der Waals surface area contributed by atoms with Gasteiger partial charge in [0, 0.05) is 10.7 Å². The van der Waals surface area contributed by atoms with E-state index in [1.807, 2.05) is 12.1 Å². The minimum absolute atomic E-state index is 0.0446. The number of rotatable bonds is 5. The zero-order chi connectivity index (χ0) is 17.9. The highest BCUT2D eigenvalue weighted by Crippen LogP contribution is 2.21. The topological polar surface area (TPSA) is 71.1 Å². The SMILES string of the molecule is O=S(=O)(Nc1ccc(Nc2cccc(Cl)c2)cn1)c1ccc(F)cc1. The molecule has 0 atom stereocenters. The molecule has 8 heteroatoms. The second-order valence-corrected chi connectivity index (χ2v) is 7.25. The first-order valence-corrected chi connectivity index (χ1v) is 9.05. The van der Waals surface area contributed by atoms with E-state index >= 15 is 0 Å². The normalized spacial score (nSPS) is 11.1. The summed E-state index contributed by atoms with van der Waals surface area (Å²) < 4.78 is 39.7. The molecule has 0 aliphatic rings. The molecule has 3 rings (SSSR count). The van der Waals surface area contributed by atoms with Crippen LogP contribution in [0.5, 0.6) is 0 Å². The van der Waals surface area contributed by atoms with E-state index in [2.05, 4.69) is 15.0 Å². The number of aromatic nitrogens is 1. The molecule has 0 bridgehead atoms. The minimum atomic E-state index is -3.82. The third-order valence-corrected chi connectivity index (χ3v) is 4.85. The van der Waals surface area contributed by atoms with E-state index in [-0.39, 0.29) is 10.7 Å². The molecule has 2 N–H and O–H groups in total. The molecule has 0 amide bonds. The highest BCUT2D eigenvalue weighted by Gasteiger charge is 2.14. The number of halogens is 2. The standard InChI is InChI=1S/C17H13ClFN3O2S/c18-12-2-1-3-14(10-12)21-15-6-9-17(20-11-15)22-25(23,24)16-7-4-13(19)5-8-16/h1-11,21H,(H,20,22). The Labute approximate surface area is 149 Å². The summed E-state index contributed by atoms with van der Waals surface area (Å²) in [5.41, 5.74) is 1.46. The summed E-state index contributed by atoms with van der Waals surface area (Å²) in [5, 5.41) is 3.71. The van der Waals surface area contributed by atoms with Crippen molar-refractivity contribution in [1.82, 2.24) is 4.98 Å². The predicted molar refractivity (Wildman–Crippen MR) is 96.2 cm³/mol. The Kier molecular flexibility index (Phi) is 4.87. The van der Waals surface area contributed by atoms with Crippen LogP contribution in [0.1, 0.15) is 0 Å². The number of benzene rings is 2. The molecule has 1 aromatic heterocycles. The predicted octanol–water partition coefficient (Wildman–Crippen LogP) is 4.42. The first-order valence-electron chi connectivity index (χ1n) is 7.19. The van der Waals surface area contributed by atoms with Gasteiger partial charge in [0.15, 0.2) is 0 Å². The molecule has 3 aromatic rings. The Morgan fingerprint density at radius 2 is 1.72 bits per heavy atom. The third kappa shape index (κ3) is 4.46. The van der Waals surface area contributed by atoms with Crippen molar-refractivity contribution >= 4 is 38.8 Å². The average Bonchev–Trinajstić information content (AvgIpc) is 2.57. The summed E-state index contributed by atoms with van der Waals surface area (Å²) in [7, 11) is -3.82. The molecule has 0 fully saturated rings. The zero-order valence-electron chi connectivity index (χ0n) is 12.8. The van der Waals surface area contributed by atoms with Gasteiger partial charge in [-0.3, -0.25) is 4.72 Å². The molecular weight excluding hydrogens is 365 g/mol. The number of hydrogen-bond acceptors (Lipinski definition) is 4. The van der Waals surface area contributed by atoms with Gasteiger partial charge in [-0.25, -0.2) is 17.8 Å². The summed E-state index contributed by atoms with van der Waals surface area (Å²) in [5.74, 6) is -0.352. The van der Waals surface area contributed by atoms with Crippen molar-refractivity contribution in [2.75, 3.05) is 10.0 Å². The summed E-state index contributed by atoms with van der Waals surface area (Å²) in [4.78, 5) is 4.02. The van der Waals surface area contributed by atoms with Gasteiger partial charge >= 0.3 is 0 Å². The molecule has 1 heterocycles. The van der Waals surface area contributed by atoms with E-state index in [9.17, 15) is 12.8 Å². The number of sulfonamides is 1. The van der Waals surface area contributed by atoms with E-state index in [0.717, 1.165) is 17.8 Å².